The van der Waals surface area contributed by atoms with Gasteiger partial charge < -0.3 is 10.2 Å². The Morgan fingerprint density at radius 1 is 1.03 bits per heavy atom. The molecule has 1 aliphatic carbocycles. The number of hydrogen-bond donors (Lipinski definition) is 1. The fraction of sp³-hybridized carbons (Fsp3) is 0.286. The molecule has 0 radical (unpaired) electrons. The number of fused-ring (bicyclic) bond motifs is 2. The maximum Gasteiger partial charge on any atom is 0.259 e. The molecule has 4 nitrogen and oxygen atoms in total. The van der Waals surface area contributed by atoms with Crippen LogP contribution in [-0.2, 0) is 6.54 Å². The van der Waals surface area contributed by atoms with Gasteiger partial charge in [0, 0.05) is 27.0 Å². The minimum atomic E-state index is -0.359. The van der Waals surface area contributed by atoms with Crippen molar-refractivity contribution in [3.05, 3.63) is 89.2 Å². The van der Waals surface area contributed by atoms with E-state index in [-0.39, 0.29) is 30.2 Å². The van der Waals surface area contributed by atoms with Gasteiger partial charge >= 0.3 is 0 Å². The van der Waals surface area contributed by atoms with Crippen LogP contribution in [0.4, 0.5) is 10.1 Å². The van der Waals surface area contributed by atoms with Gasteiger partial charge in [0.05, 0.1) is 17.8 Å². The summed E-state index contributed by atoms with van der Waals surface area (Å²) in [7, 11) is 0. The third kappa shape index (κ3) is 4.47. The third-order valence-corrected chi connectivity index (χ3v) is 7.95. The first-order chi connectivity index (χ1) is 16.5. The Hall–Kier alpha value is -3.12. The number of anilines is 1. The predicted molar refractivity (Wildman–Crippen MR) is 133 cm³/mol. The Morgan fingerprint density at radius 3 is 2.62 bits per heavy atom. The van der Waals surface area contributed by atoms with Crippen LogP contribution >= 0.6 is 11.8 Å². The van der Waals surface area contributed by atoms with E-state index in [0.717, 1.165) is 29.1 Å². The van der Waals surface area contributed by atoms with Gasteiger partial charge in [-0.2, -0.15) is 0 Å². The van der Waals surface area contributed by atoms with Gasteiger partial charge in [-0.05, 0) is 55.2 Å². The minimum Gasteiger partial charge on any atom is -0.349 e. The molecule has 34 heavy (non-hydrogen) atoms. The van der Waals surface area contributed by atoms with Gasteiger partial charge in [0.25, 0.3) is 11.8 Å². The van der Waals surface area contributed by atoms with Gasteiger partial charge in [0.15, 0.2) is 0 Å². The second kappa shape index (κ2) is 9.63. The molecule has 1 saturated carbocycles. The molecule has 2 amide bonds. The van der Waals surface area contributed by atoms with Crippen LogP contribution in [0.1, 0.15) is 58.9 Å². The molecular weight excluding hydrogens is 447 g/mol. The summed E-state index contributed by atoms with van der Waals surface area (Å²) in [4.78, 5) is 30.1. The van der Waals surface area contributed by atoms with Crippen LogP contribution in [0.15, 0.2) is 76.5 Å². The molecule has 1 heterocycles. The second-order valence-electron chi connectivity index (χ2n) is 9.11. The molecule has 0 spiro atoms. The first-order valence-corrected chi connectivity index (χ1v) is 12.6. The number of nitrogens with zero attached hydrogens (tertiary/aromatic N) is 1. The Kier molecular flexibility index (Phi) is 6.42. The van der Waals surface area contributed by atoms with Crippen LogP contribution in [0.25, 0.3) is 0 Å². The summed E-state index contributed by atoms with van der Waals surface area (Å²) >= 11 is 1.49. The standard InChI is InChI=1S/C28H27FN2O2S/c1-18-8-2-6-12-23(18)30-27(32)19-14-15-26-24(16-19)31(17-20-9-3-5-11-22(20)29)28(33)21-10-4-7-13-25(21)34-26/h3-5,7,9-11,13-16,18,23H,2,6,8,12,17H2,1H3,(H,30,32). The summed E-state index contributed by atoms with van der Waals surface area (Å²) in [6.45, 7) is 2.27. The monoisotopic (exact) mass is 474 g/mol. The zero-order valence-corrected chi connectivity index (χ0v) is 19.9. The van der Waals surface area contributed by atoms with Gasteiger partial charge in [-0.15, -0.1) is 0 Å². The number of carbonyl (C=O) groups is 2. The van der Waals surface area contributed by atoms with Gasteiger partial charge in [-0.1, -0.05) is 61.9 Å². The quantitative estimate of drug-likeness (QED) is 0.473. The number of benzene rings is 3. The first kappa shape index (κ1) is 22.7. The summed E-state index contributed by atoms with van der Waals surface area (Å²) in [5.74, 6) is -0.250. The number of amides is 2. The molecule has 6 heteroatoms. The fourth-order valence-electron chi connectivity index (χ4n) is 4.80. The van der Waals surface area contributed by atoms with Crippen molar-refractivity contribution >= 4 is 29.3 Å². The highest BCUT2D eigenvalue weighted by molar-refractivity contribution is 7.99. The van der Waals surface area contributed by atoms with Crippen LogP contribution in [0.5, 0.6) is 0 Å². The lowest BCUT2D eigenvalue weighted by atomic mass is 9.86. The molecule has 3 aromatic rings. The van der Waals surface area contributed by atoms with Crippen molar-refractivity contribution in [2.45, 2.75) is 55.0 Å². The number of nitrogens with one attached hydrogen (secondary N) is 1. The topological polar surface area (TPSA) is 49.4 Å². The summed E-state index contributed by atoms with van der Waals surface area (Å²) < 4.78 is 14.5. The van der Waals surface area contributed by atoms with Crippen molar-refractivity contribution in [1.29, 1.82) is 0 Å². The zero-order chi connectivity index (χ0) is 23.7. The lowest BCUT2D eigenvalue weighted by Crippen LogP contribution is -2.41. The Bertz CT molecular complexity index is 1240. The van der Waals surface area contributed by atoms with Crippen molar-refractivity contribution in [2.24, 2.45) is 5.92 Å². The van der Waals surface area contributed by atoms with Gasteiger partial charge in [-0.3, -0.25) is 9.59 Å². The Morgan fingerprint density at radius 2 is 1.79 bits per heavy atom. The molecule has 5 rings (SSSR count). The number of hydrogen-bond acceptors (Lipinski definition) is 3. The van der Waals surface area contributed by atoms with E-state index in [1.165, 1.54) is 24.2 Å². The highest BCUT2D eigenvalue weighted by atomic mass is 32.2. The molecule has 2 aliphatic rings. The molecule has 3 aromatic carbocycles. The van der Waals surface area contributed by atoms with Crippen LogP contribution in [0, 0.1) is 11.7 Å². The highest BCUT2D eigenvalue weighted by Gasteiger charge is 2.29. The normalized spacial score (nSPS) is 19.7. The van der Waals surface area contributed by atoms with Crippen LogP contribution in [0.2, 0.25) is 0 Å². The second-order valence-corrected chi connectivity index (χ2v) is 10.2. The van der Waals surface area contributed by atoms with Gasteiger partial charge in [-0.25, -0.2) is 4.39 Å². The van der Waals surface area contributed by atoms with E-state index >= 15 is 0 Å². The van der Waals surface area contributed by atoms with E-state index in [0.29, 0.717) is 28.3 Å². The molecule has 0 saturated heterocycles. The summed E-state index contributed by atoms with van der Waals surface area (Å²) in [5.41, 5.74) is 2.13. The number of rotatable bonds is 4. The lowest BCUT2D eigenvalue weighted by Gasteiger charge is -2.29. The van der Waals surface area contributed by atoms with Crippen molar-refractivity contribution in [2.75, 3.05) is 4.90 Å². The molecular formula is C28H27FN2O2S. The van der Waals surface area contributed by atoms with Crippen molar-refractivity contribution in [3.8, 4) is 0 Å². The SMILES string of the molecule is CC1CCCCC1NC(=O)c1ccc2c(c1)N(Cc1ccccc1F)C(=O)c1ccccc1S2. The molecule has 2 atom stereocenters. The average molecular weight is 475 g/mol. The largest absolute Gasteiger partial charge is 0.349 e. The summed E-state index contributed by atoms with van der Waals surface area (Å²) in [6.07, 6.45) is 4.44. The van der Waals surface area contributed by atoms with E-state index < -0.39 is 0 Å². The Labute approximate surface area is 203 Å². The maximum absolute atomic E-state index is 14.5. The smallest absolute Gasteiger partial charge is 0.259 e. The predicted octanol–water partition coefficient (Wildman–Crippen LogP) is 6.45. The van der Waals surface area contributed by atoms with E-state index in [1.54, 1.807) is 35.2 Å². The summed E-state index contributed by atoms with van der Waals surface area (Å²) in [6, 6.07) is 19.6. The third-order valence-electron chi connectivity index (χ3n) is 6.81. The van der Waals surface area contributed by atoms with Gasteiger partial charge in [0.2, 0.25) is 0 Å². The molecule has 174 valence electrons. The molecule has 1 fully saturated rings. The average Bonchev–Trinajstić information content (AvgIpc) is 2.96. The van der Waals surface area contributed by atoms with E-state index in [4.69, 9.17) is 0 Å². The van der Waals surface area contributed by atoms with E-state index in [1.807, 2.05) is 30.3 Å². The van der Waals surface area contributed by atoms with E-state index in [9.17, 15) is 14.0 Å². The van der Waals surface area contributed by atoms with Crippen LogP contribution in [-0.4, -0.2) is 17.9 Å². The van der Waals surface area contributed by atoms with Crippen molar-refractivity contribution in [1.82, 2.24) is 5.32 Å². The number of carbonyl (C=O) groups excluding carboxylic acids is 2. The molecule has 0 bridgehead atoms. The lowest BCUT2D eigenvalue weighted by molar-refractivity contribution is 0.0908. The fourth-order valence-corrected chi connectivity index (χ4v) is 5.86. The molecule has 1 aliphatic heterocycles. The number of halogens is 1. The van der Waals surface area contributed by atoms with Crippen LogP contribution < -0.4 is 10.2 Å². The van der Waals surface area contributed by atoms with E-state index in [2.05, 4.69) is 12.2 Å². The van der Waals surface area contributed by atoms with Gasteiger partial charge in [0.1, 0.15) is 5.82 Å². The first-order valence-electron chi connectivity index (χ1n) is 11.8. The molecule has 2 unspecified atom stereocenters. The minimum absolute atomic E-state index is 0.0815. The Balaban J connectivity index is 1.53. The molecule has 0 aromatic heterocycles. The molecule has 1 N–H and O–H groups in total. The zero-order valence-electron chi connectivity index (χ0n) is 19.1. The highest BCUT2D eigenvalue weighted by Crippen LogP contribution is 2.42. The maximum atomic E-state index is 14.5. The van der Waals surface area contributed by atoms with Crippen molar-refractivity contribution < 1.29 is 14.0 Å². The van der Waals surface area contributed by atoms with Crippen molar-refractivity contribution in [3.63, 3.8) is 0 Å². The van der Waals surface area contributed by atoms with Crippen LogP contribution in [0.3, 0.4) is 0 Å². The summed E-state index contributed by atoms with van der Waals surface area (Å²) in [5, 5.41) is 3.20.